The molecule has 0 radical (unpaired) electrons. The van der Waals surface area contributed by atoms with Gasteiger partial charge in [0.25, 0.3) is 0 Å². The smallest absolute Gasteiger partial charge is 0.295 e. The Bertz CT molecular complexity index is 515. The third-order valence-electron chi connectivity index (χ3n) is 2.55. The molecule has 1 rings (SSSR count). The lowest BCUT2D eigenvalue weighted by atomic mass is 9.99. The van der Waals surface area contributed by atoms with Crippen LogP contribution in [0.25, 0.3) is 0 Å². The van der Waals surface area contributed by atoms with Gasteiger partial charge in [-0.2, -0.15) is 22.0 Å². The van der Waals surface area contributed by atoms with Gasteiger partial charge in [-0.1, -0.05) is 30.3 Å². The van der Waals surface area contributed by atoms with Crippen LogP contribution >= 0.6 is 0 Å². The van der Waals surface area contributed by atoms with Gasteiger partial charge in [-0.3, -0.25) is 4.79 Å². The van der Waals surface area contributed by atoms with Gasteiger partial charge in [0.1, 0.15) is 0 Å². The third-order valence-corrected chi connectivity index (χ3v) is 2.55. The van der Waals surface area contributed by atoms with E-state index in [4.69, 9.17) is 0 Å². The second-order valence-corrected chi connectivity index (χ2v) is 4.08. The first-order chi connectivity index (χ1) is 9.07. The average molecular weight is 296 g/mol. The molecule has 0 saturated carbocycles. The third kappa shape index (κ3) is 3.40. The van der Waals surface area contributed by atoms with Gasteiger partial charge >= 0.3 is 12.1 Å². The molecule has 1 aromatic rings. The van der Waals surface area contributed by atoms with Crippen molar-refractivity contribution in [1.29, 1.82) is 0 Å². The zero-order chi connectivity index (χ0) is 15.6. The molecule has 0 N–H and O–H groups in total. The standard InChI is InChI=1S/C13H10F6O/c1-8(20)10(7-9-5-3-2-4-6-9)11(14)12(15,16)13(17,18)19/h2-6H,7H2,1H3/b11-10+. The molecule has 0 aromatic heterocycles. The molecule has 110 valence electrons. The fourth-order valence-corrected chi connectivity index (χ4v) is 1.47. The summed E-state index contributed by atoms with van der Waals surface area (Å²) >= 11 is 0. The molecule has 0 aliphatic rings. The zero-order valence-corrected chi connectivity index (χ0v) is 10.3. The molecule has 1 nitrogen and oxygen atoms in total. The summed E-state index contributed by atoms with van der Waals surface area (Å²) in [6.07, 6.45) is -6.72. The number of ketones is 1. The van der Waals surface area contributed by atoms with Gasteiger partial charge in [0.05, 0.1) is 0 Å². The average Bonchev–Trinajstić information content (AvgIpc) is 2.34. The largest absolute Gasteiger partial charge is 0.460 e. The van der Waals surface area contributed by atoms with E-state index < -0.39 is 35.7 Å². The van der Waals surface area contributed by atoms with Gasteiger partial charge in [0.2, 0.25) is 0 Å². The summed E-state index contributed by atoms with van der Waals surface area (Å²) in [6.45, 7) is 0.740. The topological polar surface area (TPSA) is 17.1 Å². The fraction of sp³-hybridized carbons (Fsp3) is 0.308. The normalized spacial score (nSPS) is 13.9. The molecule has 0 atom stereocenters. The van der Waals surface area contributed by atoms with E-state index in [1.807, 2.05) is 0 Å². The number of carbonyl (C=O) groups is 1. The summed E-state index contributed by atoms with van der Waals surface area (Å²) in [5.74, 6) is -9.60. The minimum atomic E-state index is -6.09. The molecule has 0 bridgehead atoms. The van der Waals surface area contributed by atoms with Crippen molar-refractivity contribution in [3.8, 4) is 0 Å². The van der Waals surface area contributed by atoms with Crippen LogP contribution < -0.4 is 0 Å². The first-order valence-electron chi connectivity index (χ1n) is 5.46. The van der Waals surface area contributed by atoms with Crippen molar-refractivity contribution >= 4 is 5.78 Å². The summed E-state index contributed by atoms with van der Waals surface area (Å²) in [5, 5.41) is 0. The van der Waals surface area contributed by atoms with Crippen LogP contribution in [0.5, 0.6) is 0 Å². The van der Waals surface area contributed by atoms with Gasteiger partial charge in [0.15, 0.2) is 11.6 Å². The van der Waals surface area contributed by atoms with Crippen LogP contribution in [0.4, 0.5) is 26.3 Å². The van der Waals surface area contributed by atoms with Gasteiger partial charge in [-0.25, -0.2) is 4.39 Å². The summed E-state index contributed by atoms with van der Waals surface area (Å²) in [5.41, 5.74) is -0.927. The molecular weight excluding hydrogens is 286 g/mol. The van der Waals surface area contributed by atoms with E-state index in [1.165, 1.54) is 24.3 Å². The molecular formula is C13H10F6O. The Balaban J connectivity index is 3.25. The number of Topliss-reactive ketones (excluding diaryl/α,β-unsaturated/α-hetero) is 1. The molecule has 0 heterocycles. The lowest BCUT2D eigenvalue weighted by Crippen LogP contribution is -2.38. The van der Waals surface area contributed by atoms with Crippen molar-refractivity contribution in [1.82, 2.24) is 0 Å². The Morgan fingerprint density at radius 2 is 1.55 bits per heavy atom. The van der Waals surface area contributed by atoms with E-state index in [0.717, 1.165) is 6.92 Å². The van der Waals surface area contributed by atoms with Crippen molar-refractivity contribution in [3.63, 3.8) is 0 Å². The Morgan fingerprint density at radius 1 is 1.05 bits per heavy atom. The van der Waals surface area contributed by atoms with Crippen LogP contribution in [0.3, 0.4) is 0 Å². The molecule has 0 fully saturated rings. The molecule has 0 amide bonds. The molecule has 7 heteroatoms. The van der Waals surface area contributed by atoms with Crippen LogP contribution in [-0.4, -0.2) is 17.9 Å². The minimum Gasteiger partial charge on any atom is -0.295 e. The maximum absolute atomic E-state index is 13.5. The van der Waals surface area contributed by atoms with E-state index >= 15 is 0 Å². The highest BCUT2D eigenvalue weighted by Crippen LogP contribution is 2.43. The van der Waals surface area contributed by atoms with Crippen molar-refractivity contribution in [2.45, 2.75) is 25.4 Å². The van der Waals surface area contributed by atoms with Crippen molar-refractivity contribution < 1.29 is 31.1 Å². The van der Waals surface area contributed by atoms with E-state index in [2.05, 4.69) is 0 Å². The number of alkyl halides is 5. The van der Waals surface area contributed by atoms with E-state index in [1.54, 1.807) is 6.07 Å². The highest BCUT2D eigenvalue weighted by molar-refractivity contribution is 5.94. The van der Waals surface area contributed by atoms with Gasteiger partial charge in [-0.05, 0) is 12.5 Å². The SMILES string of the molecule is CC(=O)/C(Cc1ccccc1)=C(/F)C(F)(F)C(F)(F)F. The molecule has 1 aromatic carbocycles. The van der Waals surface area contributed by atoms with Crippen LogP contribution in [-0.2, 0) is 11.2 Å². The molecule has 0 aliphatic heterocycles. The molecule has 0 unspecified atom stereocenters. The van der Waals surface area contributed by atoms with Gasteiger partial charge in [-0.15, -0.1) is 0 Å². The Morgan fingerprint density at radius 3 is 1.95 bits per heavy atom. The molecule has 0 saturated heterocycles. The number of rotatable bonds is 4. The molecule has 0 aliphatic carbocycles. The van der Waals surface area contributed by atoms with E-state index in [-0.39, 0.29) is 5.56 Å². The number of allylic oxidation sites excluding steroid dienone is 2. The maximum atomic E-state index is 13.5. The van der Waals surface area contributed by atoms with Crippen LogP contribution in [0.2, 0.25) is 0 Å². The lowest BCUT2D eigenvalue weighted by Gasteiger charge is -2.19. The van der Waals surface area contributed by atoms with E-state index in [0.29, 0.717) is 0 Å². The second kappa shape index (κ2) is 5.68. The predicted octanol–water partition coefficient (Wildman–Crippen LogP) is 4.24. The van der Waals surface area contributed by atoms with Gasteiger partial charge in [0, 0.05) is 12.0 Å². The predicted molar refractivity (Wildman–Crippen MR) is 60.0 cm³/mol. The second-order valence-electron chi connectivity index (χ2n) is 4.08. The van der Waals surface area contributed by atoms with E-state index in [9.17, 15) is 31.1 Å². The first kappa shape index (κ1) is 16.3. The summed E-state index contributed by atoms with van der Waals surface area (Å²) < 4.78 is 75.7. The number of carbonyl (C=O) groups excluding carboxylic acids is 1. The van der Waals surface area contributed by atoms with Crippen LogP contribution in [0, 0.1) is 0 Å². The Labute approximate surface area is 110 Å². The van der Waals surface area contributed by atoms with Gasteiger partial charge < -0.3 is 0 Å². The summed E-state index contributed by atoms with van der Waals surface area (Å²) in [4.78, 5) is 11.2. The number of benzene rings is 1. The number of hydrogen-bond donors (Lipinski definition) is 0. The Hall–Kier alpha value is -1.79. The Kier molecular flexibility index (Phi) is 4.62. The summed E-state index contributed by atoms with van der Waals surface area (Å²) in [6, 6.07) is 7.35. The van der Waals surface area contributed by atoms with Crippen LogP contribution in [0.1, 0.15) is 12.5 Å². The maximum Gasteiger partial charge on any atom is 0.460 e. The highest BCUT2D eigenvalue weighted by Gasteiger charge is 2.62. The number of halogens is 6. The molecule has 20 heavy (non-hydrogen) atoms. The highest BCUT2D eigenvalue weighted by atomic mass is 19.4. The van der Waals surface area contributed by atoms with Crippen molar-refractivity contribution in [2.75, 3.05) is 0 Å². The monoisotopic (exact) mass is 296 g/mol. The molecule has 0 spiro atoms. The van der Waals surface area contributed by atoms with Crippen molar-refractivity contribution in [2.24, 2.45) is 0 Å². The number of hydrogen-bond acceptors (Lipinski definition) is 1. The first-order valence-corrected chi connectivity index (χ1v) is 5.46. The summed E-state index contributed by atoms with van der Waals surface area (Å²) in [7, 11) is 0. The minimum absolute atomic E-state index is 0.255. The lowest BCUT2D eigenvalue weighted by molar-refractivity contribution is -0.270. The zero-order valence-electron chi connectivity index (χ0n) is 10.3. The van der Waals surface area contributed by atoms with Crippen molar-refractivity contribution in [3.05, 3.63) is 47.3 Å². The van der Waals surface area contributed by atoms with Crippen LogP contribution in [0.15, 0.2) is 41.7 Å². The fourth-order valence-electron chi connectivity index (χ4n) is 1.47. The quantitative estimate of drug-likeness (QED) is 0.600.